The van der Waals surface area contributed by atoms with Crippen molar-refractivity contribution >= 4 is 28.5 Å². The fourth-order valence-corrected chi connectivity index (χ4v) is 3.53. The molecule has 2 aliphatic rings. The Balaban J connectivity index is 1.26. The van der Waals surface area contributed by atoms with E-state index in [1.54, 1.807) is 36.5 Å². The average Bonchev–Trinajstić information content (AvgIpc) is 3.69. The van der Waals surface area contributed by atoms with Crippen molar-refractivity contribution in [2.45, 2.75) is 38.4 Å². The van der Waals surface area contributed by atoms with Gasteiger partial charge in [0.2, 0.25) is 5.91 Å². The first-order chi connectivity index (χ1) is 16.1. The van der Waals surface area contributed by atoms with Crippen molar-refractivity contribution in [2.24, 2.45) is 5.92 Å². The molecule has 1 atom stereocenters. The van der Waals surface area contributed by atoms with E-state index in [1.165, 1.54) is 6.20 Å². The number of ether oxygens (including phenoxy) is 2. The van der Waals surface area contributed by atoms with Gasteiger partial charge in [-0.15, -0.1) is 0 Å². The number of carbonyl (C=O) groups excluding carboxylic acids is 2. The number of aromatic nitrogens is 2. The molecule has 2 fully saturated rings. The van der Waals surface area contributed by atoms with Gasteiger partial charge in [-0.25, -0.2) is 15.3 Å². The van der Waals surface area contributed by atoms with Crippen LogP contribution >= 0.6 is 0 Å². The Morgan fingerprint density at radius 1 is 1.00 bits per heavy atom. The van der Waals surface area contributed by atoms with Crippen molar-refractivity contribution in [2.75, 3.05) is 11.9 Å². The van der Waals surface area contributed by atoms with Gasteiger partial charge in [-0.3, -0.25) is 14.6 Å². The van der Waals surface area contributed by atoms with Crippen molar-refractivity contribution in [1.29, 1.82) is 0 Å². The molecular formula is C24H24N4O5. The monoisotopic (exact) mass is 448 g/mol. The first-order valence-electron chi connectivity index (χ1n) is 11.1. The van der Waals surface area contributed by atoms with Crippen molar-refractivity contribution in [3.8, 4) is 11.5 Å². The normalized spacial score (nSPS) is 18.0. The van der Waals surface area contributed by atoms with Gasteiger partial charge in [0.25, 0.3) is 5.91 Å². The van der Waals surface area contributed by atoms with E-state index in [1.807, 2.05) is 6.07 Å². The lowest BCUT2D eigenvalue weighted by molar-refractivity contribution is -0.186. The number of amides is 2. The van der Waals surface area contributed by atoms with Crippen LogP contribution in [0.25, 0.3) is 10.9 Å². The first kappa shape index (κ1) is 21.3. The van der Waals surface area contributed by atoms with Crippen LogP contribution in [-0.2, 0) is 14.4 Å². The summed E-state index contributed by atoms with van der Waals surface area (Å²) in [5.41, 5.74) is 3.54. The molecule has 33 heavy (non-hydrogen) atoms. The van der Waals surface area contributed by atoms with E-state index in [4.69, 9.17) is 14.3 Å². The van der Waals surface area contributed by atoms with Gasteiger partial charge in [0, 0.05) is 42.8 Å². The molecule has 170 valence electrons. The van der Waals surface area contributed by atoms with E-state index < -0.39 is 12.2 Å². The quantitative estimate of drug-likeness (QED) is 0.526. The van der Waals surface area contributed by atoms with Crippen LogP contribution in [0.2, 0.25) is 0 Å². The van der Waals surface area contributed by atoms with Gasteiger partial charge in [-0.2, -0.15) is 0 Å². The van der Waals surface area contributed by atoms with Crippen LogP contribution in [0.15, 0.2) is 48.8 Å². The zero-order valence-corrected chi connectivity index (χ0v) is 18.0. The zero-order valence-electron chi connectivity index (χ0n) is 18.0. The van der Waals surface area contributed by atoms with Gasteiger partial charge >= 0.3 is 0 Å². The van der Waals surface area contributed by atoms with Crippen LogP contribution in [0.5, 0.6) is 11.5 Å². The number of rotatable bonds is 7. The fourth-order valence-electron chi connectivity index (χ4n) is 3.53. The number of nitrogens with zero attached hydrogens (tertiary/aromatic N) is 2. The number of hydrogen-bond acceptors (Lipinski definition) is 7. The third-order valence-corrected chi connectivity index (χ3v) is 5.50. The molecule has 9 heteroatoms. The van der Waals surface area contributed by atoms with Crippen LogP contribution < -0.4 is 15.5 Å². The Morgan fingerprint density at radius 2 is 1.88 bits per heavy atom. The number of fused-ring (bicyclic) bond motifs is 1. The summed E-state index contributed by atoms with van der Waals surface area (Å²) >= 11 is 0. The maximum absolute atomic E-state index is 12.5. The Kier molecular flexibility index (Phi) is 6.14. The Bertz CT molecular complexity index is 1170. The minimum absolute atomic E-state index is 0.0127. The molecule has 5 rings (SSSR count). The average molecular weight is 448 g/mol. The molecule has 2 amide bonds. The number of carbonyl (C=O) groups is 2. The lowest BCUT2D eigenvalue weighted by Crippen LogP contribution is -2.33. The van der Waals surface area contributed by atoms with Crippen LogP contribution in [-0.4, -0.2) is 34.7 Å². The van der Waals surface area contributed by atoms with Crippen molar-refractivity contribution < 1.29 is 23.9 Å². The number of benzene rings is 1. The summed E-state index contributed by atoms with van der Waals surface area (Å²) < 4.78 is 11.4. The third kappa shape index (κ3) is 5.44. The van der Waals surface area contributed by atoms with Crippen molar-refractivity contribution in [3.05, 3.63) is 54.4 Å². The molecule has 2 aromatic heterocycles. The van der Waals surface area contributed by atoms with Gasteiger partial charge in [-0.1, -0.05) is 0 Å². The van der Waals surface area contributed by atoms with Crippen LogP contribution in [0.4, 0.5) is 5.82 Å². The lowest BCUT2D eigenvalue weighted by Gasteiger charge is -2.22. The zero-order chi connectivity index (χ0) is 22.6. The summed E-state index contributed by atoms with van der Waals surface area (Å²) in [6, 6.07) is 10.5. The second kappa shape index (κ2) is 9.51. The van der Waals surface area contributed by atoms with E-state index in [0.717, 1.165) is 43.0 Å². The van der Waals surface area contributed by atoms with E-state index in [9.17, 15) is 9.59 Å². The molecule has 0 radical (unpaired) electrons. The van der Waals surface area contributed by atoms with E-state index in [0.29, 0.717) is 29.5 Å². The second-order valence-electron chi connectivity index (χ2n) is 8.17. The van der Waals surface area contributed by atoms with Gasteiger partial charge in [0.05, 0.1) is 11.1 Å². The van der Waals surface area contributed by atoms with Gasteiger partial charge in [-0.05, 0) is 56.0 Å². The van der Waals surface area contributed by atoms with Crippen LogP contribution in [0, 0.1) is 5.92 Å². The molecule has 1 unspecified atom stereocenters. The molecule has 9 nitrogen and oxygen atoms in total. The fraction of sp³-hybridized carbons (Fsp3) is 0.333. The summed E-state index contributed by atoms with van der Waals surface area (Å²) in [5, 5.41) is 3.55. The van der Waals surface area contributed by atoms with E-state index >= 15 is 0 Å². The number of hydrogen-bond donors (Lipinski definition) is 2. The first-order valence-corrected chi connectivity index (χ1v) is 11.1. The summed E-state index contributed by atoms with van der Waals surface area (Å²) in [4.78, 5) is 38.3. The lowest BCUT2D eigenvalue weighted by atomic mass is 10.1. The Hall–Kier alpha value is -3.56. The van der Waals surface area contributed by atoms with Crippen LogP contribution in [0.3, 0.4) is 0 Å². The third-order valence-electron chi connectivity index (χ3n) is 5.50. The molecule has 2 N–H and O–H groups in total. The highest BCUT2D eigenvalue weighted by atomic mass is 16.8. The predicted octanol–water partition coefficient (Wildman–Crippen LogP) is 3.96. The molecule has 1 saturated heterocycles. The van der Waals surface area contributed by atoms with E-state index in [-0.39, 0.29) is 11.8 Å². The molecule has 3 heterocycles. The molecule has 1 aliphatic carbocycles. The Labute approximate surface area is 190 Å². The summed E-state index contributed by atoms with van der Waals surface area (Å²) in [6.45, 7) is 0.632. The number of hydroxylamine groups is 1. The highest BCUT2D eigenvalue weighted by molar-refractivity contribution is 5.97. The highest BCUT2D eigenvalue weighted by Crippen LogP contribution is 2.31. The maximum atomic E-state index is 12.5. The second-order valence-corrected chi connectivity index (χ2v) is 8.17. The van der Waals surface area contributed by atoms with Crippen LogP contribution in [0.1, 0.15) is 42.5 Å². The minimum atomic E-state index is -0.421. The van der Waals surface area contributed by atoms with Gasteiger partial charge in [0.15, 0.2) is 6.29 Å². The SMILES string of the molecule is O=C(NOC1CCCCO1)c1cnc2ccc(Oc3ccnc(NC(=O)C4CC4)c3)cc2c1. The minimum Gasteiger partial charge on any atom is -0.457 e. The number of anilines is 1. The predicted molar refractivity (Wildman–Crippen MR) is 120 cm³/mol. The molecular weight excluding hydrogens is 424 g/mol. The topological polar surface area (TPSA) is 112 Å². The van der Waals surface area contributed by atoms with Crippen molar-refractivity contribution in [3.63, 3.8) is 0 Å². The molecule has 1 saturated carbocycles. The molecule has 3 aromatic rings. The highest BCUT2D eigenvalue weighted by Gasteiger charge is 2.29. The number of nitrogens with one attached hydrogen (secondary N) is 2. The smallest absolute Gasteiger partial charge is 0.276 e. The molecule has 1 aromatic carbocycles. The Morgan fingerprint density at radius 3 is 2.70 bits per heavy atom. The molecule has 0 spiro atoms. The maximum Gasteiger partial charge on any atom is 0.276 e. The molecule has 1 aliphatic heterocycles. The van der Waals surface area contributed by atoms with Crippen molar-refractivity contribution in [1.82, 2.24) is 15.4 Å². The van der Waals surface area contributed by atoms with Gasteiger partial charge in [0.1, 0.15) is 17.3 Å². The summed E-state index contributed by atoms with van der Waals surface area (Å²) in [6.07, 6.45) is 7.27. The van der Waals surface area contributed by atoms with Gasteiger partial charge < -0.3 is 14.8 Å². The molecule has 0 bridgehead atoms. The standard InChI is InChI=1S/C24H24N4O5/c29-23(15-4-5-15)27-21-13-19(8-9-25-21)32-18-6-7-20-16(12-18)11-17(14-26-20)24(30)28-33-22-3-1-2-10-31-22/h6-9,11-15,22H,1-5,10H2,(H,28,30)(H,25,27,29). The van der Waals surface area contributed by atoms with E-state index in [2.05, 4.69) is 20.8 Å². The summed E-state index contributed by atoms with van der Waals surface area (Å²) in [5.74, 6) is 1.25. The summed E-state index contributed by atoms with van der Waals surface area (Å²) in [7, 11) is 0. The number of pyridine rings is 2. The largest absolute Gasteiger partial charge is 0.457 e.